The number of furan rings is 1. The lowest BCUT2D eigenvalue weighted by molar-refractivity contribution is 0.176. The Balaban J connectivity index is 1.88. The molecule has 1 fully saturated rings. The van der Waals surface area contributed by atoms with E-state index in [1.807, 2.05) is 30.9 Å². The van der Waals surface area contributed by atoms with Crippen LogP contribution in [0.25, 0.3) is 0 Å². The molecule has 0 spiro atoms. The van der Waals surface area contributed by atoms with E-state index in [1.54, 1.807) is 0 Å². The number of hydrogen-bond donors (Lipinski definition) is 0. The third kappa shape index (κ3) is 3.01. The van der Waals surface area contributed by atoms with Gasteiger partial charge in [0.15, 0.2) is 9.84 Å². The smallest absolute Gasteiger partial charge is 0.153 e. The normalized spacial score (nSPS) is 22.5. The largest absolute Gasteiger partial charge is 0.465 e. The molecule has 0 N–H and O–H groups in total. The number of nitrogens with zero attached hydrogens (tertiary/aromatic N) is 3. The maximum Gasteiger partial charge on any atom is 0.153 e. The van der Waals surface area contributed by atoms with Crippen molar-refractivity contribution in [3.63, 3.8) is 0 Å². The molecule has 0 amide bonds. The van der Waals surface area contributed by atoms with Crippen molar-refractivity contribution in [2.24, 2.45) is 0 Å². The molecule has 1 aliphatic rings. The predicted molar refractivity (Wildman–Crippen MR) is 74.3 cm³/mol. The van der Waals surface area contributed by atoms with Gasteiger partial charge in [0, 0.05) is 13.1 Å². The van der Waals surface area contributed by atoms with Gasteiger partial charge in [-0.2, -0.15) is 0 Å². The van der Waals surface area contributed by atoms with Gasteiger partial charge in [-0.05, 0) is 26.0 Å². The second-order valence-electron chi connectivity index (χ2n) is 5.35. The van der Waals surface area contributed by atoms with Gasteiger partial charge in [0.1, 0.15) is 22.9 Å². The van der Waals surface area contributed by atoms with Crippen molar-refractivity contribution in [2.45, 2.75) is 26.4 Å². The van der Waals surface area contributed by atoms with E-state index in [9.17, 15) is 8.42 Å². The van der Waals surface area contributed by atoms with E-state index < -0.39 is 9.84 Å². The zero-order chi connectivity index (χ0) is 15.0. The monoisotopic (exact) mass is 311 g/mol. The highest BCUT2D eigenvalue weighted by atomic mass is 32.2. The molecule has 0 bridgehead atoms. The molecule has 0 unspecified atom stereocenters. The fraction of sp³-hybridized carbons (Fsp3) is 0.538. The van der Waals surface area contributed by atoms with Crippen molar-refractivity contribution in [1.82, 2.24) is 15.2 Å². The Labute approximate surface area is 122 Å². The summed E-state index contributed by atoms with van der Waals surface area (Å²) in [6.07, 6.45) is 0. The van der Waals surface area contributed by atoms with Crippen LogP contribution in [-0.2, 0) is 16.4 Å². The van der Waals surface area contributed by atoms with E-state index in [0.29, 0.717) is 18.8 Å². The first kappa shape index (κ1) is 14.3. The Hall–Kier alpha value is -1.67. The summed E-state index contributed by atoms with van der Waals surface area (Å²) in [7, 11) is -3.05. The van der Waals surface area contributed by atoms with Gasteiger partial charge in [-0.25, -0.2) is 13.0 Å². The number of hydrogen-bond acceptors (Lipinski definition) is 7. The first-order valence-electron chi connectivity index (χ1n) is 6.73. The first-order chi connectivity index (χ1) is 9.94. The number of aryl methyl sites for hydroxylation is 2. The summed E-state index contributed by atoms with van der Waals surface area (Å²) in [4.78, 5) is 2.05. The molecule has 0 saturated carbocycles. The van der Waals surface area contributed by atoms with Crippen molar-refractivity contribution in [3.05, 3.63) is 35.0 Å². The van der Waals surface area contributed by atoms with Crippen LogP contribution < -0.4 is 0 Å². The zero-order valence-corrected chi connectivity index (χ0v) is 12.8. The van der Waals surface area contributed by atoms with Gasteiger partial charge in [-0.15, -0.1) is 0 Å². The number of rotatable bonds is 3. The molecular formula is C13H17N3O4S. The van der Waals surface area contributed by atoms with Crippen LogP contribution in [0.5, 0.6) is 0 Å². The van der Waals surface area contributed by atoms with Crippen molar-refractivity contribution < 1.29 is 17.5 Å². The molecule has 0 aromatic carbocycles. The molecule has 2 aromatic heterocycles. The van der Waals surface area contributed by atoms with Gasteiger partial charge in [0.05, 0.1) is 17.5 Å². The summed E-state index contributed by atoms with van der Waals surface area (Å²) in [6, 6.07) is 3.38. The highest BCUT2D eigenvalue weighted by Gasteiger charge is 2.34. The van der Waals surface area contributed by atoms with E-state index in [-0.39, 0.29) is 17.5 Å². The summed E-state index contributed by atoms with van der Waals surface area (Å²) < 4.78 is 34.2. The van der Waals surface area contributed by atoms with Gasteiger partial charge in [-0.1, -0.05) is 10.3 Å². The van der Waals surface area contributed by atoms with Crippen LogP contribution in [0.15, 0.2) is 21.2 Å². The van der Waals surface area contributed by atoms with Crippen LogP contribution in [0.2, 0.25) is 0 Å². The maximum absolute atomic E-state index is 11.9. The van der Waals surface area contributed by atoms with Gasteiger partial charge in [0.2, 0.25) is 0 Å². The average molecular weight is 311 g/mol. The summed E-state index contributed by atoms with van der Waals surface area (Å²) in [5.41, 5.74) is 1.44. The molecule has 3 rings (SSSR count). The second-order valence-corrected chi connectivity index (χ2v) is 7.57. The SMILES string of the molecule is Cc1ccc([C@H]2CS(=O)(=O)CCN2Cc2nonc2C)o1. The van der Waals surface area contributed by atoms with Crippen LogP contribution in [-0.4, -0.2) is 41.7 Å². The third-order valence-electron chi connectivity index (χ3n) is 3.73. The fourth-order valence-electron chi connectivity index (χ4n) is 2.51. The molecule has 1 saturated heterocycles. The van der Waals surface area contributed by atoms with Crippen LogP contribution in [0.3, 0.4) is 0 Å². The van der Waals surface area contributed by atoms with Crippen LogP contribution in [0.1, 0.15) is 29.0 Å². The zero-order valence-electron chi connectivity index (χ0n) is 11.9. The summed E-state index contributed by atoms with van der Waals surface area (Å²) in [6.45, 7) is 4.60. The minimum Gasteiger partial charge on any atom is -0.465 e. The predicted octanol–water partition coefficient (Wildman–Crippen LogP) is 1.25. The Morgan fingerprint density at radius 2 is 2.14 bits per heavy atom. The fourth-order valence-corrected chi connectivity index (χ4v) is 4.05. The van der Waals surface area contributed by atoms with E-state index in [0.717, 1.165) is 17.1 Å². The number of aromatic nitrogens is 2. The molecule has 21 heavy (non-hydrogen) atoms. The lowest BCUT2D eigenvalue weighted by Gasteiger charge is -2.33. The van der Waals surface area contributed by atoms with Gasteiger partial charge in [0.25, 0.3) is 0 Å². The molecule has 8 heteroatoms. The standard InChI is InChI=1S/C13H17N3O4S/c1-9-3-4-13(19-9)12-8-21(17,18)6-5-16(12)7-11-10(2)14-20-15-11/h3-4,12H,5-8H2,1-2H3/t12-/m1/s1. The van der Waals surface area contributed by atoms with Crippen LogP contribution in [0.4, 0.5) is 0 Å². The second kappa shape index (κ2) is 5.27. The Morgan fingerprint density at radius 3 is 2.76 bits per heavy atom. The molecular weight excluding hydrogens is 294 g/mol. The molecule has 0 aliphatic carbocycles. The van der Waals surface area contributed by atoms with Crippen molar-refractivity contribution in [2.75, 3.05) is 18.1 Å². The molecule has 3 heterocycles. The molecule has 0 radical (unpaired) electrons. The highest BCUT2D eigenvalue weighted by molar-refractivity contribution is 7.91. The molecule has 114 valence electrons. The Morgan fingerprint density at radius 1 is 1.33 bits per heavy atom. The van der Waals surface area contributed by atoms with E-state index in [4.69, 9.17) is 9.05 Å². The topological polar surface area (TPSA) is 89.4 Å². The average Bonchev–Trinajstić information content (AvgIpc) is 3.01. The van der Waals surface area contributed by atoms with Crippen LogP contribution >= 0.6 is 0 Å². The van der Waals surface area contributed by atoms with E-state index >= 15 is 0 Å². The van der Waals surface area contributed by atoms with Gasteiger partial charge < -0.3 is 4.42 Å². The van der Waals surface area contributed by atoms with Gasteiger partial charge in [-0.3, -0.25) is 4.90 Å². The summed E-state index contributed by atoms with van der Waals surface area (Å²) in [5.74, 6) is 1.65. The number of sulfone groups is 1. The highest BCUT2D eigenvalue weighted by Crippen LogP contribution is 2.29. The van der Waals surface area contributed by atoms with Crippen molar-refractivity contribution in [1.29, 1.82) is 0 Å². The molecule has 7 nitrogen and oxygen atoms in total. The minimum absolute atomic E-state index is 0.0598. The third-order valence-corrected chi connectivity index (χ3v) is 5.36. The Kier molecular flexibility index (Phi) is 3.58. The quantitative estimate of drug-likeness (QED) is 0.842. The first-order valence-corrected chi connectivity index (χ1v) is 8.55. The minimum atomic E-state index is -3.05. The van der Waals surface area contributed by atoms with Crippen LogP contribution in [0, 0.1) is 13.8 Å². The molecule has 1 aliphatic heterocycles. The summed E-state index contributed by atoms with van der Waals surface area (Å²) >= 11 is 0. The lowest BCUT2D eigenvalue weighted by atomic mass is 10.2. The lowest BCUT2D eigenvalue weighted by Crippen LogP contribution is -2.42. The van der Waals surface area contributed by atoms with Crippen molar-refractivity contribution >= 4 is 9.84 Å². The molecule has 2 aromatic rings. The summed E-state index contributed by atoms with van der Waals surface area (Å²) in [5, 5.41) is 7.63. The van der Waals surface area contributed by atoms with E-state index in [1.165, 1.54) is 0 Å². The van der Waals surface area contributed by atoms with Crippen molar-refractivity contribution in [3.8, 4) is 0 Å². The van der Waals surface area contributed by atoms with E-state index in [2.05, 4.69) is 10.3 Å². The molecule has 1 atom stereocenters. The Bertz CT molecular complexity index is 734. The maximum atomic E-state index is 11.9. The van der Waals surface area contributed by atoms with Gasteiger partial charge >= 0.3 is 0 Å².